The average Bonchev–Trinajstić information content (AvgIpc) is 3.28. The van der Waals surface area contributed by atoms with Gasteiger partial charge in [-0.1, -0.05) is 11.2 Å². The fourth-order valence-corrected chi connectivity index (χ4v) is 2.96. The summed E-state index contributed by atoms with van der Waals surface area (Å²) in [5.74, 6) is 2.58. The number of anilines is 1. The zero-order valence-electron chi connectivity index (χ0n) is 12.5. The van der Waals surface area contributed by atoms with Crippen LogP contribution in [0.1, 0.15) is 30.2 Å². The first kappa shape index (κ1) is 13.6. The number of H-pyrrole nitrogens is 1. The maximum Gasteiger partial charge on any atom is 0.249 e. The maximum absolute atomic E-state index is 11.4. The van der Waals surface area contributed by atoms with Crippen LogP contribution in [0.5, 0.6) is 0 Å². The molecular weight excluding hydrogens is 280 g/mol. The molecule has 1 N–H and O–H groups in total. The van der Waals surface area contributed by atoms with E-state index in [4.69, 9.17) is 4.52 Å². The van der Waals surface area contributed by atoms with Gasteiger partial charge >= 0.3 is 0 Å². The van der Waals surface area contributed by atoms with Crippen molar-refractivity contribution < 1.29 is 4.52 Å². The van der Waals surface area contributed by atoms with Crippen molar-refractivity contribution in [2.24, 2.45) is 0 Å². The number of nitrogens with zero attached hydrogens (tertiary/aromatic N) is 3. The SMILES string of the molecule is O=c1cccc(N2CCN(Cc3cc(C4CC4)on3)CC2)[nH]1. The van der Waals surface area contributed by atoms with Crippen molar-refractivity contribution in [1.82, 2.24) is 15.0 Å². The van der Waals surface area contributed by atoms with Gasteiger partial charge in [0.15, 0.2) is 0 Å². The molecular formula is C16H20N4O2. The molecule has 0 unspecified atom stereocenters. The number of aromatic nitrogens is 2. The number of hydrogen-bond acceptors (Lipinski definition) is 5. The maximum atomic E-state index is 11.4. The summed E-state index contributed by atoms with van der Waals surface area (Å²) in [5.41, 5.74) is 0.985. The van der Waals surface area contributed by atoms with E-state index in [1.165, 1.54) is 12.8 Å². The summed E-state index contributed by atoms with van der Waals surface area (Å²) in [6.07, 6.45) is 2.48. The molecule has 0 atom stereocenters. The minimum absolute atomic E-state index is 0.0462. The Balaban J connectivity index is 1.34. The summed E-state index contributed by atoms with van der Waals surface area (Å²) in [6, 6.07) is 7.41. The van der Waals surface area contributed by atoms with Crippen LogP contribution in [0.3, 0.4) is 0 Å². The molecule has 2 aromatic heterocycles. The number of piperazine rings is 1. The highest BCUT2D eigenvalue weighted by molar-refractivity contribution is 5.38. The van der Waals surface area contributed by atoms with Gasteiger partial charge in [0.1, 0.15) is 11.6 Å². The molecule has 22 heavy (non-hydrogen) atoms. The predicted octanol–water partition coefficient (Wildman–Crippen LogP) is 1.56. The van der Waals surface area contributed by atoms with Crippen LogP contribution in [0, 0.1) is 0 Å². The first-order valence-corrected chi connectivity index (χ1v) is 7.90. The van der Waals surface area contributed by atoms with Crippen LogP contribution in [0.4, 0.5) is 5.82 Å². The lowest BCUT2D eigenvalue weighted by Crippen LogP contribution is -2.46. The molecule has 2 aromatic rings. The fourth-order valence-electron chi connectivity index (χ4n) is 2.96. The highest BCUT2D eigenvalue weighted by Crippen LogP contribution is 2.40. The Kier molecular flexibility index (Phi) is 3.46. The molecule has 1 aliphatic heterocycles. The fraction of sp³-hybridized carbons (Fsp3) is 0.500. The summed E-state index contributed by atoms with van der Waals surface area (Å²) in [4.78, 5) is 18.9. The molecule has 0 amide bonds. The van der Waals surface area contributed by atoms with E-state index < -0.39 is 0 Å². The highest BCUT2D eigenvalue weighted by atomic mass is 16.5. The average molecular weight is 300 g/mol. The van der Waals surface area contributed by atoms with E-state index in [1.807, 2.05) is 6.07 Å². The molecule has 6 nitrogen and oxygen atoms in total. The monoisotopic (exact) mass is 300 g/mol. The lowest BCUT2D eigenvalue weighted by molar-refractivity contribution is 0.241. The van der Waals surface area contributed by atoms with E-state index in [0.29, 0.717) is 5.92 Å². The number of nitrogens with one attached hydrogen (secondary N) is 1. The van der Waals surface area contributed by atoms with Crippen LogP contribution in [-0.4, -0.2) is 41.2 Å². The summed E-state index contributed by atoms with van der Waals surface area (Å²) >= 11 is 0. The highest BCUT2D eigenvalue weighted by Gasteiger charge is 2.28. The van der Waals surface area contributed by atoms with Crippen molar-refractivity contribution in [1.29, 1.82) is 0 Å². The summed E-state index contributed by atoms with van der Waals surface area (Å²) < 4.78 is 5.41. The van der Waals surface area contributed by atoms with Gasteiger partial charge in [0.05, 0.1) is 5.69 Å². The first-order chi connectivity index (χ1) is 10.8. The van der Waals surface area contributed by atoms with Crippen LogP contribution in [0.25, 0.3) is 0 Å². The summed E-state index contributed by atoms with van der Waals surface area (Å²) in [6.45, 7) is 4.58. The normalized spacial score (nSPS) is 19.5. The molecule has 2 fully saturated rings. The van der Waals surface area contributed by atoms with E-state index >= 15 is 0 Å². The zero-order chi connectivity index (χ0) is 14.9. The van der Waals surface area contributed by atoms with Crippen molar-refractivity contribution in [2.45, 2.75) is 25.3 Å². The minimum atomic E-state index is -0.0462. The molecule has 2 aliphatic rings. The Labute approximate surface area is 128 Å². The third kappa shape index (κ3) is 2.92. The third-order valence-electron chi connectivity index (χ3n) is 4.41. The quantitative estimate of drug-likeness (QED) is 0.928. The van der Waals surface area contributed by atoms with Gasteiger partial charge in [-0.3, -0.25) is 9.69 Å². The van der Waals surface area contributed by atoms with E-state index in [0.717, 1.165) is 50.0 Å². The smallest absolute Gasteiger partial charge is 0.249 e. The second-order valence-electron chi connectivity index (χ2n) is 6.16. The number of aromatic amines is 1. The second-order valence-corrected chi connectivity index (χ2v) is 6.16. The van der Waals surface area contributed by atoms with Crippen LogP contribution < -0.4 is 10.5 Å². The van der Waals surface area contributed by atoms with Crippen molar-refractivity contribution in [3.05, 3.63) is 46.1 Å². The minimum Gasteiger partial charge on any atom is -0.361 e. The molecule has 0 radical (unpaired) electrons. The molecule has 1 saturated carbocycles. The largest absolute Gasteiger partial charge is 0.361 e. The van der Waals surface area contributed by atoms with E-state index in [2.05, 4.69) is 26.0 Å². The molecule has 3 heterocycles. The van der Waals surface area contributed by atoms with Crippen LogP contribution in [0.15, 0.2) is 33.6 Å². The van der Waals surface area contributed by atoms with E-state index in [-0.39, 0.29) is 5.56 Å². The van der Waals surface area contributed by atoms with E-state index in [1.54, 1.807) is 12.1 Å². The number of rotatable bonds is 4. The number of pyridine rings is 1. The third-order valence-corrected chi connectivity index (χ3v) is 4.41. The zero-order valence-corrected chi connectivity index (χ0v) is 12.5. The molecule has 4 rings (SSSR count). The summed E-state index contributed by atoms with van der Waals surface area (Å²) in [5, 5.41) is 4.18. The Morgan fingerprint density at radius 2 is 2.05 bits per heavy atom. The predicted molar refractivity (Wildman–Crippen MR) is 83.0 cm³/mol. The molecule has 116 valence electrons. The molecule has 1 saturated heterocycles. The Hall–Kier alpha value is -2.08. The molecule has 0 aromatic carbocycles. The van der Waals surface area contributed by atoms with Gasteiger partial charge in [-0.2, -0.15) is 0 Å². The number of hydrogen-bond donors (Lipinski definition) is 1. The van der Waals surface area contributed by atoms with Gasteiger partial charge in [-0.15, -0.1) is 0 Å². The second kappa shape index (κ2) is 5.61. The Morgan fingerprint density at radius 3 is 2.77 bits per heavy atom. The van der Waals surface area contributed by atoms with Crippen LogP contribution in [0.2, 0.25) is 0 Å². The first-order valence-electron chi connectivity index (χ1n) is 7.90. The van der Waals surface area contributed by atoms with Crippen LogP contribution in [-0.2, 0) is 6.54 Å². The van der Waals surface area contributed by atoms with Gasteiger partial charge in [0.2, 0.25) is 5.56 Å². The van der Waals surface area contributed by atoms with Gasteiger partial charge in [-0.25, -0.2) is 0 Å². The van der Waals surface area contributed by atoms with Gasteiger partial charge in [0, 0.05) is 50.8 Å². The molecule has 0 spiro atoms. The van der Waals surface area contributed by atoms with Crippen molar-refractivity contribution in [2.75, 3.05) is 31.1 Å². The molecule has 1 aliphatic carbocycles. The van der Waals surface area contributed by atoms with Crippen molar-refractivity contribution in [3.8, 4) is 0 Å². The Bertz CT molecular complexity index is 696. The Morgan fingerprint density at radius 1 is 1.23 bits per heavy atom. The molecule has 6 heteroatoms. The van der Waals surface area contributed by atoms with Gasteiger partial charge < -0.3 is 14.4 Å². The van der Waals surface area contributed by atoms with E-state index in [9.17, 15) is 4.79 Å². The van der Waals surface area contributed by atoms with Crippen molar-refractivity contribution >= 4 is 5.82 Å². The standard InChI is InChI=1S/C16H20N4O2/c21-16-3-1-2-15(17-16)20-8-6-19(7-9-20)11-13-10-14(22-18-13)12-4-5-12/h1-3,10,12H,4-9,11H2,(H,17,21). The topological polar surface area (TPSA) is 65.4 Å². The lowest BCUT2D eigenvalue weighted by Gasteiger charge is -2.35. The van der Waals surface area contributed by atoms with Gasteiger partial charge in [-0.05, 0) is 18.9 Å². The van der Waals surface area contributed by atoms with Crippen LogP contribution >= 0.6 is 0 Å². The molecule has 0 bridgehead atoms. The van der Waals surface area contributed by atoms with Gasteiger partial charge in [0.25, 0.3) is 0 Å². The lowest BCUT2D eigenvalue weighted by atomic mass is 10.2. The summed E-state index contributed by atoms with van der Waals surface area (Å²) in [7, 11) is 0. The van der Waals surface area contributed by atoms with Crippen molar-refractivity contribution in [3.63, 3.8) is 0 Å².